The van der Waals surface area contributed by atoms with Gasteiger partial charge in [0.1, 0.15) is 10.2 Å². The molecule has 0 saturated heterocycles. The summed E-state index contributed by atoms with van der Waals surface area (Å²) in [7, 11) is 0. The molecule has 0 fully saturated rings. The Kier molecular flexibility index (Phi) is 4.53. The predicted octanol–water partition coefficient (Wildman–Crippen LogP) is 6.39. The van der Waals surface area contributed by atoms with Crippen LogP contribution in [0.15, 0.2) is 33.2 Å². The zero-order valence-corrected chi connectivity index (χ0v) is 13.7. The van der Waals surface area contributed by atoms with E-state index < -0.39 is 0 Å². The van der Waals surface area contributed by atoms with Crippen LogP contribution in [0.5, 0.6) is 0 Å². The number of rotatable bonds is 2. The van der Waals surface area contributed by atoms with Crippen LogP contribution in [0.2, 0.25) is 4.34 Å². The summed E-state index contributed by atoms with van der Waals surface area (Å²) >= 11 is 20.2. The molecule has 1 aromatic carbocycles. The Balaban J connectivity index is 2.36. The minimum Gasteiger partial charge on any atom is -0.206 e. The van der Waals surface area contributed by atoms with Crippen molar-refractivity contribution in [3.8, 4) is 0 Å². The number of halogens is 5. The summed E-state index contributed by atoms with van der Waals surface area (Å²) in [6.07, 6.45) is 0. The minimum absolute atomic E-state index is 0.303. The fraction of sp³-hybridized carbons (Fsp3) is 0.0909. The number of thiophene rings is 1. The van der Waals surface area contributed by atoms with Crippen LogP contribution in [0, 0.1) is 5.82 Å². The van der Waals surface area contributed by atoms with Crippen LogP contribution >= 0.6 is 66.4 Å². The average Bonchev–Trinajstić information content (AvgIpc) is 2.62. The van der Waals surface area contributed by atoms with Gasteiger partial charge in [-0.05, 0) is 55.6 Å². The van der Waals surface area contributed by atoms with Gasteiger partial charge in [-0.1, -0.05) is 17.7 Å². The number of hydrogen-bond donors (Lipinski definition) is 0. The summed E-state index contributed by atoms with van der Waals surface area (Å²) in [6, 6.07) is 6.61. The van der Waals surface area contributed by atoms with Crippen molar-refractivity contribution in [2.75, 3.05) is 0 Å². The van der Waals surface area contributed by atoms with Crippen molar-refractivity contribution in [2.24, 2.45) is 0 Å². The van der Waals surface area contributed by atoms with Gasteiger partial charge in [0.15, 0.2) is 0 Å². The SMILES string of the molecule is Fc1ccc(C(Cl)c2cc(Br)c(Cl)s2)cc1Br. The van der Waals surface area contributed by atoms with Crippen LogP contribution in [-0.4, -0.2) is 0 Å². The molecule has 0 aliphatic carbocycles. The average molecular weight is 419 g/mol. The second-order valence-electron chi connectivity index (χ2n) is 3.31. The Labute approximate surface area is 129 Å². The predicted molar refractivity (Wildman–Crippen MR) is 78.8 cm³/mol. The molecule has 17 heavy (non-hydrogen) atoms. The van der Waals surface area contributed by atoms with Crippen LogP contribution < -0.4 is 0 Å². The maximum atomic E-state index is 13.1. The molecule has 1 aromatic heterocycles. The van der Waals surface area contributed by atoms with Gasteiger partial charge in [0, 0.05) is 9.35 Å². The van der Waals surface area contributed by atoms with Gasteiger partial charge in [0.25, 0.3) is 0 Å². The van der Waals surface area contributed by atoms with Crippen molar-refractivity contribution in [3.05, 3.63) is 53.8 Å². The van der Waals surface area contributed by atoms with Gasteiger partial charge in [0.2, 0.25) is 0 Å². The number of benzene rings is 1. The molecule has 1 atom stereocenters. The lowest BCUT2D eigenvalue weighted by Crippen LogP contribution is -1.91. The summed E-state index contributed by atoms with van der Waals surface area (Å²) in [5.41, 5.74) is 0.824. The molecule has 0 aliphatic heterocycles. The molecule has 0 bridgehead atoms. The minimum atomic E-state index is -0.333. The van der Waals surface area contributed by atoms with Gasteiger partial charge in [-0.3, -0.25) is 0 Å². The van der Waals surface area contributed by atoms with Gasteiger partial charge in [-0.25, -0.2) is 4.39 Å². The number of hydrogen-bond acceptors (Lipinski definition) is 1. The Morgan fingerprint density at radius 1 is 1.18 bits per heavy atom. The Morgan fingerprint density at radius 3 is 2.41 bits per heavy atom. The molecule has 0 radical (unpaired) electrons. The molecule has 0 amide bonds. The zero-order chi connectivity index (χ0) is 12.6. The lowest BCUT2D eigenvalue weighted by atomic mass is 10.1. The van der Waals surface area contributed by atoms with Crippen molar-refractivity contribution in [1.29, 1.82) is 0 Å². The molecule has 1 unspecified atom stereocenters. The first-order chi connectivity index (χ1) is 7.99. The summed E-state index contributed by atoms with van der Waals surface area (Å²) in [4.78, 5) is 0.919. The van der Waals surface area contributed by atoms with Gasteiger partial charge < -0.3 is 0 Å². The lowest BCUT2D eigenvalue weighted by molar-refractivity contribution is 0.620. The molecular formula is C11H5Br2Cl2FS. The van der Waals surface area contributed by atoms with E-state index in [2.05, 4.69) is 31.9 Å². The molecular weight excluding hydrogens is 414 g/mol. The summed E-state index contributed by atoms with van der Waals surface area (Å²) < 4.78 is 15.0. The maximum absolute atomic E-state index is 13.1. The molecule has 0 spiro atoms. The van der Waals surface area contributed by atoms with Crippen molar-refractivity contribution in [2.45, 2.75) is 5.38 Å². The zero-order valence-electron chi connectivity index (χ0n) is 8.18. The van der Waals surface area contributed by atoms with Crippen LogP contribution in [0.4, 0.5) is 4.39 Å². The highest BCUT2D eigenvalue weighted by Gasteiger charge is 2.16. The van der Waals surface area contributed by atoms with E-state index in [-0.39, 0.29) is 11.2 Å². The fourth-order valence-electron chi connectivity index (χ4n) is 1.32. The number of alkyl halides is 1. The first-order valence-corrected chi connectivity index (χ1v) is 7.74. The van der Waals surface area contributed by atoms with E-state index in [9.17, 15) is 4.39 Å². The smallest absolute Gasteiger partial charge is 0.137 e. The molecule has 6 heteroatoms. The normalized spacial score (nSPS) is 12.8. The molecule has 0 aliphatic rings. The van der Waals surface area contributed by atoms with Crippen molar-refractivity contribution in [3.63, 3.8) is 0 Å². The molecule has 2 aromatic rings. The third-order valence-electron chi connectivity index (χ3n) is 2.15. The maximum Gasteiger partial charge on any atom is 0.137 e. The van der Waals surface area contributed by atoms with Crippen LogP contribution in [-0.2, 0) is 0 Å². The van der Waals surface area contributed by atoms with E-state index in [1.165, 1.54) is 17.4 Å². The largest absolute Gasteiger partial charge is 0.206 e. The van der Waals surface area contributed by atoms with E-state index in [0.29, 0.717) is 8.81 Å². The second kappa shape index (κ2) is 5.57. The summed E-state index contributed by atoms with van der Waals surface area (Å²) in [5.74, 6) is -0.303. The Bertz CT molecular complexity index is 537. The lowest BCUT2D eigenvalue weighted by Gasteiger charge is -2.08. The monoisotopic (exact) mass is 416 g/mol. The fourth-order valence-corrected chi connectivity index (χ4v) is 3.79. The third-order valence-corrected chi connectivity index (χ3v) is 5.91. The quantitative estimate of drug-likeness (QED) is 0.495. The van der Waals surface area contributed by atoms with Crippen LogP contribution in [0.3, 0.4) is 0 Å². The topological polar surface area (TPSA) is 0 Å². The summed E-state index contributed by atoms with van der Waals surface area (Å²) in [6.45, 7) is 0. The Hall–Kier alpha value is 0.390. The molecule has 0 N–H and O–H groups in total. The molecule has 2 rings (SSSR count). The standard InChI is InChI=1S/C11H5Br2Cl2FS/c12-6-3-5(1-2-8(6)16)10(14)9-4-7(13)11(15)17-9/h1-4,10H. The second-order valence-corrected chi connectivity index (χ2v) is 7.14. The van der Waals surface area contributed by atoms with Crippen molar-refractivity contribution >= 4 is 66.4 Å². The van der Waals surface area contributed by atoms with Gasteiger partial charge in [-0.2, -0.15) is 0 Å². The highest BCUT2D eigenvalue weighted by Crippen LogP contribution is 2.40. The van der Waals surface area contributed by atoms with E-state index in [4.69, 9.17) is 23.2 Å². The molecule has 0 saturated carbocycles. The van der Waals surface area contributed by atoms with Crippen LogP contribution in [0.1, 0.15) is 15.8 Å². The van der Waals surface area contributed by atoms with E-state index in [0.717, 1.165) is 14.9 Å². The molecule has 0 nitrogen and oxygen atoms in total. The van der Waals surface area contributed by atoms with Crippen molar-refractivity contribution < 1.29 is 4.39 Å². The van der Waals surface area contributed by atoms with E-state index in [1.807, 2.05) is 6.07 Å². The van der Waals surface area contributed by atoms with Crippen molar-refractivity contribution in [1.82, 2.24) is 0 Å². The van der Waals surface area contributed by atoms with Crippen LogP contribution in [0.25, 0.3) is 0 Å². The van der Waals surface area contributed by atoms with E-state index >= 15 is 0 Å². The first kappa shape index (κ1) is 13.8. The van der Waals surface area contributed by atoms with Gasteiger partial charge in [-0.15, -0.1) is 22.9 Å². The van der Waals surface area contributed by atoms with E-state index in [1.54, 1.807) is 12.1 Å². The summed E-state index contributed by atoms with van der Waals surface area (Å²) in [5, 5.41) is -0.333. The highest BCUT2D eigenvalue weighted by molar-refractivity contribution is 9.10. The highest BCUT2D eigenvalue weighted by atomic mass is 79.9. The van der Waals surface area contributed by atoms with Gasteiger partial charge in [0.05, 0.1) is 9.85 Å². The van der Waals surface area contributed by atoms with Gasteiger partial charge >= 0.3 is 0 Å². The Morgan fingerprint density at radius 2 is 1.88 bits per heavy atom. The first-order valence-electron chi connectivity index (χ1n) is 4.53. The third kappa shape index (κ3) is 3.04. The molecule has 1 heterocycles. The molecule has 90 valence electrons.